The minimum absolute atomic E-state index is 0.165. The zero-order valence-electron chi connectivity index (χ0n) is 20.0. The van der Waals surface area contributed by atoms with Crippen molar-refractivity contribution in [1.29, 1.82) is 0 Å². The molecule has 1 atom stereocenters. The van der Waals surface area contributed by atoms with Gasteiger partial charge >= 0.3 is 0 Å². The van der Waals surface area contributed by atoms with Crippen LogP contribution in [0.25, 0.3) is 11.1 Å². The van der Waals surface area contributed by atoms with Crippen molar-refractivity contribution in [2.75, 3.05) is 39.4 Å². The molecule has 0 bridgehead atoms. The Morgan fingerprint density at radius 2 is 1.51 bits per heavy atom. The molecule has 1 heterocycles. The van der Waals surface area contributed by atoms with Crippen molar-refractivity contribution in [3.8, 4) is 11.1 Å². The molecule has 3 aromatic rings. The van der Waals surface area contributed by atoms with Crippen molar-refractivity contribution in [3.05, 3.63) is 96.1 Å². The second-order valence-electron chi connectivity index (χ2n) is 8.73. The lowest BCUT2D eigenvalue weighted by molar-refractivity contribution is -0.123. The average Bonchev–Trinajstić information content (AvgIpc) is 2.92. The highest BCUT2D eigenvalue weighted by atomic mass is 16.5. The van der Waals surface area contributed by atoms with Gasteiger partial charge in [0.15, 0.2) is 0 Å². The molecule has 1 saturated heterocycles. The number of morpholine rings is 1. The summed E-state index contributed by atoms with van der Waals surface area (Å²) in [5.74, 6) is -0.421. The maximum Gasteiger partial charge on any atom is 0.252 e. The van der Waals surface area contributed by atoms with Crippen LogP contribution in [0.4, 0.5) is 0 Å². The van der Waals surface area contributed by atoms with Gasteiger partial charge in [0.2, 0.25) is 5.91 Å². The van der Waals surface area contributed by atoms with Crippen LogP contribution in [0.3, 0.4) is 0 Å². The summed E-state index contributed by atoms with van der Waals surface area (Å²) in [7, 11) is 0. The topological polar surface area (TPSA) is 70.7 Å². The Balaban J connectivity index is 1.43. The van der Waals surface area contributed by atoms with Crippen LogP contribution in [0.15, 0.2) is 84.9 Å². The van der Waals surface area contributed by atoms with E-state index in [-0.39, 0.29) is 11.8 Å². The van der Waals surface area contributed by atoms with E-state index in [1.807, 2.05) is 78.9 Å². The van der Waals surface area contributed by atoms with Crippen LogP contribution >= 0.6 is 0 Å². The predicted octanol–water partition coefficient (Wildman–Crippen LogP) is 3.53. The molecule has 3 aromatic carbocycles. The number of hydrogen-bond acceptors (Lipinski definition) is 4. The van der Waals surface area contributed by atoms with Gasteiger partial charge in [-0.05, 0) is 35.7 Å². The highest BCUT2D eigenvalue weighted by molar-refractivity contribution is 6.02. The van der Waals surface area contributed by atoms with E-state index in [2.05, 4.69) is 15.5 Å². The fraction of sp³-hybridized carbons (Fsp3) is 0.310. The predicted molar refractivity (Wildman–Crippen MR) is 138 cm³/mol. The van der Waals surface area contributed by atoms with E-state index in [4.69, 9.17) is 4.74 Å². The van der Waals surface area contributed by atoms with Crippen LogP contribution in [-0.2, 0) is 16.0 Å². The molecule has 0 unspecified atom stereocenters. The number of benzene rings is 3. The van der Waals surface area contributed by atoms with E-state index in [0.29, 0.717) is 18.5 Å². The Hall–Kier alpha value is -3.48. The summed E-state index contributed by atoms with van der Waals surface area (Å²) in [6.45, 7) is 4.88. The third kappa shape index (κ3) is 7.25. The molecule has 0 aromatic heterocycles. The van der Waals surface area contributed by atoms with Crippen LogP contribution in [-0.4, -0.2) is 62.1 Å². The van der Waals surface area contributed by atoms with Crippen molar-refractivity contribution >= 4 is 11.8 Å². The molecule has 6 nitrogen and oxygen atoms in total. The normalized spacial score (nSPS) is 14.7. The van der Waals surface area contributed by atoms with Gasteiger partial charge in [-0.1, -0.05) is 78.9 Å². The fourth-order valence-corrected chi connectivity index (χ4v) is 4.31. The molecule has 6 heteroatoms. The van der Waals surface area contributed by atoms with Crippen molar-refractivity contribution in [1.82, 2.24) is 15.5 Å². The zero-order chi connectivity index (χ0) is 24.3. The molecular formula is C29H33N3O3. The van der Waals surface area contributed by atoms with Crippen LogP contribution < -0.4 is 10.6 Å². The van der Waals surface area contributed by atoms with Gasteiger partial charge in [0.05, 0.1) is 13.2 Å². The van der Waals surface area contributed by atoms with Crippen molar-refractivity contribution in [2.24, 2.45) is 0 Å². The quantitative estimate of drug-likeness (QED) is 0.444. The van der Waals surface area contributed by atoms with Gasteiger partial charge < -0.3 is 15.4 Å². The van der Waals surface area contributed by atoms with Gasteiger partial charge in [-0.3, -0.25) is 14.5 Å². The SMILES string of the molecule is O=C(N[C@H](Cc1ccccc1)C(=O)NCCCN1CCOCC1)c1ccccc1-c1ccccc1. The minimum atomic E-state index is -0.669. The van der Waals surface area contributed by atoms with E-state index in [1.54, 1.807) is 6.07 Å². The number of nitrogens with one attached hydrogen (secondary N) is 2. The lowest BCUT2D eigenvalue weighted by Gasteiger charge is -2.26. The number of carbonyl (C=O) groups is 2. The number of rotatable bonds is 10. The van der Waals surface area contributed by atoms with Crippen LogP contribution in [0.2, 0.25) is 0 Å². The first-order valence-corrected chi connectivity index (χ1v) is 12.3. The van der Waals surface area contributed by atoms with Gasteiger partial charge in [-0.2, -0.15) is 0 Å². The fourth-order valence-electron chi connectivity index (χ4n) is 4.31. The highest BCUT2D eigenvalue weighted by Gasteiger charge is 2.23. The third-order valence-corrected chi connectivity index (χ3v) is 6.22. The molecule has 182 valence electrons. The largest absolute Gasteiger partial charge is 0.379 e. The zero-order valence-corrected chi connectivity index (χ0v) is 20.0. The summed E-state index contributed by atoms with van der Waals surface area (Å²) in [5.41, 5.74) is 3.36. The number of nitrogens with zero attached hydrogens (tertiary/aromatic N) is 1. The van der Waals surface area contributed by atoms with Crippen molar-refractivity contribution in [3.63, 3.8) is 0 Å². The lowest BCUT2D eigenvalue weighted by atomic mass is 9.98. The van der Waals surface area contributed by atoms with Gasteiger partial charge in [0, 0.05) is 31.6 Å². The van der Waals surface area contributed by atoms with Crippen LogP contribution in [0.5, 0.6) is 0 Å². The Kier molecular flexibility index (Phi) is 9.04. The van der Waals surface area contributed by atoms with Gasteiger partial charge in [0.25, 0.3) is 5.91 Å². The first-order valence-electron chi connectivity index (χ1n) is 12.3. The molecule has 1 aliphatic heterocycles. The molecule has 2 amide bonds. The van der Waals surface area contributed by atoms with E-state index < -0.39 is 6.04 Å². The average molecular weight is 472 g/mol. The molecule has 1 fully saturated rings. The van der Waals surface area contributed by atoms with Crippen molar-refractivity contribution < 1.29 is 14.3 Å². The summed E-state index contributed by atoms with van der Waals surface area (Å²) >= 11 is 0. The molecule has 0 spiro atoms. The van der Waals surface area contributed by atoms with E-state index in [0.717, 1.165) is 56.0 Å². The van der Waals surface area contributed by atoms with E-state index in [9.17, 15) is 9.59 Å². The van der Waals surface area contributed by atoms with Gasteiger partial charge in [0.1, 0.15) is 6.04 Å². The molecule has 0 aliphatic carbocycles. The smallest absolute Gasteiger partial charge is 0.252 e. The van der Waals surface area contributed by atoms with Gasteiger partial charge in [-0.25, -0.2) is 0 Å². The molecule has 2 N–H and O–H groups in total. The summed E-state index contributed by atoms with van der Waals surface area (Å²) in [4.78, 5) is 28.9. The summed E-state index contributed by atoms with van der Waals surface area (Å²) in [6.07, 6.45) is 1.28. The number of hydrogen-bond donors (Lipinski definition) is 2. The summed E-state index contributed by atoms with van der Waals surface area (Å²) in [6, 6.07) is 26.4. The maximum absolute atomic E-state index is 13.4. The molecular weight excluding hydrogens is 438 g/mol. The Morgan fingerprint density at radius 3 is 2.26 bits per heavy atom. The van der Waals surface area contributed by atoms with E-state index >= 15 is 0 Å². The first kappa shape index (κ1) is 24.6. The second-order valence-corrected chi connectivity index (χ2v) is 8.73. The first-order chi connectivity index (χ1) is 17.2. The number of ether oxygens (including phenoxy) is 1. The number of amides is 2. The monoisotopic (exact) mass is 471 g/mol. The minimum Gasteiger partial charge on any atom is -0.379 e. The second kappa shape index (κ2) is 12.8. The summed E-state index contributed by atoms with van der Waals surface area (Å²) < 4.78 is 5.39. The van der Waals surface area contributed by atoms with Crippen molar-refractivity contribution in [2.45, 2.75) is 18.9 Å². The van der Waals surface area contributed by atoms with E-state index in [1.165, 1.54) is 0 Å². The lowest BCUT2D eigenvalue weighted by Crippen LogP contribution is -2.48. The van der Waals surface area contributed by atoms with Crippen LogP contribution in [0, 0.1) is 0 Å². The number of carbonyl (C=O) groups excluding carboxylic acids is 2. The summed E-state index contributed by atoms with van der Waals surface area (Å²) in [5, 5.41) is 6.04. The maximum atomic E-state index is 13.4. The molecule has 0 radical (unpaired) electrons. The standard InChI is InChI=1S/C29H33N3O3/c33-28(26-15-8-7-14-25(26)24-12-5-2-6-13-24)31-27(22-23-10-3-1-4-11-23)29(34)30-16-9-17-32-18-20-35-21-19-32/h1-8,10-15,27H,9,16-22H2,(H,30,34)(H,31,33)/t27-/m1/s1. The Bertz CT molecular complexity index is 1080. The Labute approximate surface area is 207 Å². The highest BCUT2D eigenvalue weighted by Crippen LogP contribution is 2.23. The van der Waals surface area contributed by atoms with Crippen LogP contribution in [0.1, 0.15) is 22.3 Å². The Morgan fingerprint density at radius 1 is 0.857 bits per heavy atom. The molecule has 1 aliphatic rings. The molecule has 0 saturated carbocycles. The third-order valence-electron chi connectivity index (χ3n) is 6.22. The molecule has 35 heavy (non-hydrogen) atoms. The van der Waals surface area contributed by atoms with Gasteiger partial charge in [-0.15, -0.1) is 0 Å². The molecule has 4 rings (SSSR count).